The molecule has 2 aliphatic heterocycles. The molecule has 0 saturated carbocycles. The summed E-state index contributed by atoms with van der Waals surface area (Å²) >= 11 is 1.24. The van der Waals surface area contributed by atoms with Crippen molar-refractivity contribution in [3.05, 3.63) is 28.2 Å². The molecule has 1 N–H and O–H groups in total. The van der Waals surface area contributed by atoms with Gasteiger partial charge in [0.2, 0.25) is 11.8 Å². The number of benzene rings is 1. The Hall–Kier alpha value is -2.28. The van der Waals surface area contributed by atoms with Gasteiger partial charge >= 0.3 is 0 Å². The van der Waals surface area contributed by atoms with Crippen LogP contribution in [0.3, 0.4) is 0 Å². The van der Waals surface area contributed by atoms with Crippen molar-refractivity contribution in [2.24, 2.45) is 0 Å². The van der Waals surface area contributed by atoms with Crippen LogP contribution in [0.15, 0.2) is 18.2 Å². The molecule has 1 amide bonds. The maximum atomic E-state index is 12.5. The Balaban J connectivity index is 1.38. The first kappa shape index (κ1) is 20.0. The highest BCUT2D eigenvalue weighted by Crippen LogP contribution is 2.35. The van der Waals surface area contributed by atoms with Crippen molar-refractivity contribution in [1.29, 1.82) is 0 Å². The summed E-state index contributed by atoms with van der Waals surface area (Å²) in [6.45, 7) is 1.01. The molecular formula is C17H21N5O5S2. The molecule has 1 aromatic carbocycles. The largest absolute Gasteiger partial charge is 0.454 e. The molecule has 4 rings (SSSR count). The molecule has 3 heterocycles. The van der Waals surface area contributed by atoms with Crippen LogP contribution >= 0.6 is 11.3 Å². The van der Waals surface area contributed by atoms with Crippen LogP contribution in [0, 0.1) is 0 Å². The maximum absolute atomic E-state index is 12.5. The number of rotatable bonds is 5. The number of anilines is 1. The Labute approximate surface area is 172 Å². The smallest absolute Gasteiger partial charge is 0.286 e. The van der Waals surface area contributed by atoms with E-state index in [-0.39, 0.29) is 23.6 Å². The zero-order chi connectivity index (χ0) is 20.6. The van der Waals surface area contributed by atoms with Gasteiger partial charge in [-0.3, -0.25) is 4.79 Å². The molecule has 1 fully saturated rings. The number of piperidine rings is 1. The SMILES string of the molecule is CN(C)S(=O)(=O)N1CCC(c2nnc(C(=O)Nc3ccc4c(c3)OCO4)s2)CC1. The summed E-state index contributed by atoms with van der Waals surface area (Å²) in [6.07, 6.45) is 1.29. The number of amides is 1. The number of hydrogen-bond acceptors (Lipinski definition) is 8. The Kier molecular flexibility index (Phi) is 5.42. The summed E-state index contributed by atoms with van der Waals surface area (Å²) in [5, 5.41) is 12.0. The monoisotopic (exact) mass is 439 g/mol. The second-order valence-electron chi connectivity index (χ2n) is 6.93. The van der Waals surface area contributed by atoms with E-state index in [9.17, 15) is 13.2 Å². The topological polar surface area (TPSA) is 114 Å². The summed E-state index contributed by atoms with van der Waals surface area (Å²) in [4.78, 5) is 12.5. The number of carbonyl (C=O) groups is 1. The first-order valence-electron chi connectivity index (χ1n) is 9.06. The lowest BCUT2D eigenvalue weighted by Gasteiger charge is -2.31. The predicted molar refractivity (Wildman–Crippen MR) is 107 cm³/mol. The minimum atomic E-state index is -3.40. The molecule has 0 bridgehead atoms. The van der Waals surface area contributed by atoms with Crippen molar-refractivity contribution in [3.8, 4) is 11.5 Å². The highest BCUT2D eigenvalue weighted by Gasteiger charge is 2.31. The zero-order valence-corrected chi connectivity index (χ0v) is 17.6. The fraction of sp³-hybridized carbons (Fsp3) is 0.471. The molecular weight excluding hydrogens is 418 g/mol. The van der Waals surface area contributed by atoms with Crippen molar-refractivity contribution < 1.29 is 22.7 Å². The fourth-order valence-electron chi connectivity index (χ4n) is 3.21. The van der Waals surface area contributed by atoms with Crippen LogP contribution in [0.1, 0.15) is 33.6 Å². The van der Waals surface area contributed by atoms with Gasteiger partial charge in [0.25, 0.3) is 16.1 Å². The standard InChI is InChI=1S/C17H21N5O5S2/c1-21(2)29(24,25)22-7-5-11(6-8-22)16-19-20-17(28-16)15(23)18-12-3-4-13-14(9-12)27-10-26-13/h3-4,9,11H,5-8,10H2,1-2H3,(H,18,23). The van der Waals surface area contributed by atoms with Gasteiger partial charge in [0, 0.05) is 44.9 Å². The third-order valence-corrected chi connectivity index (χ3v) is 7.88. The average Bonchev–Trinajstić information content (AvgIpc) is 3.37. The number of fused-ring (bicyclic) bond motifs is 1. The van der Waals surface area contributed by atoms with E-state index in [2.05, 4.69) is 15.5 Å². The lowest BCUT2D eigenvalue weighted by Crippen LogP contribution is -2.44. The van der Waals surface area contributed by atoms with Gasteiger partial charge in [-0.2, -0.15) is 17.0 Å². The van der Waals surface area contributed by atoms with Gasteiger partial charge in [0.05, 0.1) is 0 Å². The molecule has 0 unspecified atom stereocenters. The first-order chi connectivity index (χ1) is 13.8. The Bertz CT molecular complexity index is 1010. The average molecular weight is 440 g/mol. The Morgan fingerprint density at radius 3 is 2.66 bits per heavy atom. The number of carbonyl (C=O) groups excluding carboxylic acids is 1. The first-order valence-corrected chi connectivity index (χ1v) is 11.3. The third-order valence-electron chi connectivity index (χ3n) is 4.86. The maximum Gasteiger partial charge on any atom is 0.286 e. The molecule has 2 aliphatic rings. The van der Waals surface area contributed by atoms with Crippen LogP contribution in [0.25, 0.3) is 0 Å². The van der Waals surface area contributed by atoms with E-state index >= 15 is 0 Å². The van der Waals surface area contributed by atoms with E-state index in [4.69, 9.17) is 9.47 Å². The minimum Gasteiger partial charge on any atom is -0.454 e. The fourth-order valence-corrected chi connectivity index (χ4v) is 5.26. The van der Waals surface area contributed by atoms with Crippen LogP contribution in [-0.4, -0.2) is 67.1 Å². The summed E-state index contributed by atoms with van der Waals surface area (Å²) in [7, 11) is -0.352. The highest BCUT2D eigenvalue weighted by atomic mass is 32.2. The zero-order valence-electron chi connectivity index (χ0n) is 16.0. The molecule has 156 valence electrons. The summed E-state index contributed by atoms with van der Waals surface area (Å²) in [6, 6.07) is 5.16. The van der Waals surface area contributed by atoms with Crippen LogP contribution in [-0.2, 0) is 10.2 Å². The normalized spacial score (nSPS) is 17.6. The van der Waals surface area contributed by atoms with Gasteiger partial charge in [-0.25, -0.2) is 0 Å². The molecule has 0 aliphatic carbocycles. The number of hydrogen-bond donors (Lipinski definition) is 1. The van der Waals surface area contributed by atoms with Crippen molar-refractivity contribution in [2.45, 2.75) is 18.8 Å². The summed E-state index contributed by atoms with van der Waals surface area (Å²) < 4.78 is 37.7. The molecule has 0 atom stereocenters. The van der Waals surface area contributed by atoms with E-state index in [1.54, 1.807) is 18.2 Å². The van der Waals surface area contributed by atoms with Crippen LogP contribution in [0.4, 0.5) is 5.69 Å². The molecule has 0 radical (unpaired) electrons. The second-order valence-corrected chi connectivity index (χ2v) is 10.1. The van der Waals surface area contributed by atoms with Gasteiger partial charge < -0.3 is 14.8 Å². The quantitative estimate of drug-likeness (QED) is 0.751. The summed E-state index contributed by atoms with van der Waals surface area (Å²) in [5.74, 6) is 0.970. The molecule has 1 saturated heterocycles. The number of aromatic nitrogens is 2. The molecule has 0 spiro atoms. The lowest BCUT2D eigenvalue weighted by molar-refractivity contribution is 0.102. The van der Waals surface area contributed by atoms with Crippen LogP contribution in [0.2, 0.25) is 0 Å². The van der Waals surface area contributed by atoms with Gasteiger partial charge in [-0.15, -0.1) is 10.2 Å². The summed E-state index contributed by atoms with van der Waals surface area (Å²) in [5.41, 5.74) is 0.582. The molecule has 1 aromatic heterocycles. The van der Waals surface area contributed by atoms with Crippen LogP contribution in [0.5, 0.6) is 11.5 Å². The van der Waals surface area contributed by atoms with E-state index in [0.29, 0.717) is 43.1 Å². The second kappa shape index (κ2) is 7.86. The Morgan fingerprint density at radius 1 is 1.21 bits per heavy atom. The third kappa shape index (κ3) is 4.06. The molecule has 12 heteroatoms. The molecule has 10 nitrogen and oxygen atoms in total. The number of nitrogens with one attached hydrogen (secondary N) is 1. The van der Waals surface area contributed by atoms with Crippen molar-refractivity contribution >= 4 is 33.1 Å². The van der Waals surface area contributed by atoms with E-state index < -0.39 is 10.2 Å². The molecule has 2 aromatic rings. The van der Waals surface area contributed by atoms with Crippen molar-refractivity contribution in [3.63, 3.8) is 0 Å². The Morgan fingerprint density at radius 2 is 1.93 bits per heavy atom. The number of nitrogens with zero attached hydrogens (tertiary/aromatic N) is 4. The van der Waals surface area contributed by atoms with Crippen molar-refractivity contribution in [1.82, 2.24) is 18.8 Å². The lowest BCUT2D eigenvalue weighted by atomic mass is 9.99. The van der Waals surface area contributed by atoms with Crippen LogP contribution < -0.4 is 14.8 Å². The van der Waals surface area contributed by atoms with Gasteiger partial charge in [0.15, 0.2) is 11.5 Å². The van der Waals surface area contributed by atoms with Gasteiger partial charge in [-0.05, 0) is 25.0 Å². The van der Waals surface area contributed by atoms with E-state index in [1.807, 2.05) is 0 Å². The van der Waals surface area contributed by atoms with Gasteiger partial charge in [-0.1, -0.05) is 11.3 Å². The number of ether oxygens (including phenoxy) is 2. The minimum absolute atomic E-state index is 0.0909. The molecule has 29 heavy (non-hydrogen) atoms. The van der Waals surface area contributed by atoms with Crippen molar-refractivity contribution in [2.75, 3.05) is 39.3 Å². The van der Waals surface area contributed by atoms with E-state index in [1.165, 1.54) is 34.0 Å². The van der Waals surface area contributed by atoms with E-state index in [0.717, 1.165) is 5.01 Å². The predicted octanol–water partition coefficient (Wildman–Crippen LogP) is 1.50. The van der Waals surface area contributed by atoms with Gasteiger partial charge in [0.1, 0.15) is 5.01 Å². The highest BCUT2D eigenvalue weighted by molar-refractivity contribution is 7.86.